The summed E-state index contributed by atoms with van der Waals surface area (Å²) in [5.74, 6) is -1.01. The lowest BCUT2D eigenvalue weighted by Gasteiger charge is -2.26. The zero-order chi connectivity index (χ0) is 15.2. The molecule has 114 valence electrons. The van der Waals surface area contributed by atoms with E-state index in [4.69, 9.17) is 0 Å². The summed E-state index contributed by atoms with van der Waals surface area (Å²) in [6.07, 6.45) is 4.56. The maximum absolute atomic E-state index is 12.2. The third-order valence-electron chi connectivity index (χ3n) is 4.07. The van der Waals surface area contributed by atoms with E-state index in [9.17, 15) is 14.7 Å². The predicted octanol–water partition coefficient (Wildman–Crippen LogP) is 2.27. The average molecular weight is 290 g/mol. The van der Waals surface area contributed by atoms with Crippen LogP contribution >= 0.6 is 0 Å². The molecule has 1 aromatic carbocycles. The SMILES string of the molecule is CN(C(=O)NC(Cc1ccccc1)C(=O)O)C1CCCC1. The molecular weight excluding hydrogens is 268 g/mol. The fourth-order valence-corrected chi connectivity index (χ4v) is 2.76. The molecule has 1 aliphatic carbocycles. The Morgan fingerprint density at radius 3 is 2.48 bits per heavy atom. The van der Waals surface area contributed by atoms with Gasteiger partial charge in [-0.1, -0.05) is 43.2 Å². The van der Waals surface area contributed by atoms with Crippen molar-refractivity contribution in [1.82, 2.24) is 10.2 Å². The lowest BCUT2D eigenvalue weighted by atomic mass is 10.1. The quantitative estimate of drug-likeness (QED) is 0.874. The van der Waals surface area contributed by atoms with Gasteiger partial charge in [-0.2, -0.15) is 0 Å². The number of benzene rings is 1. The number of urea groups is 1. The number of nitrogens with zero attached hydrogens (tertiary/aromatic N) is 1. The third kappa shape index (κ3) is 4.21. The van der Waals surface area contributed by atoms with Crippen LogP contribution in [0.15, 0.2) is 30.3 Å². The Hall–Kier alpha value is -2.04. The third-order valence-corrected chi connectivity index (χ3v) is 4.07. The smallest absolute Gasteiger partial charge is 0.326 e. The summed E-state index contributed by atoms with van der Waals surface area (Å²) in [6.45, 7) is 0. The van der Waals surface area contributed by atoms with Crippen molar-refractivity contribution < 1.29 is 14.7 Å². The van der Waals surface area contributed by atoms with Crippen LogP contribution < -0.4 is 5.32 Å². The number of carbonyl (C=O) groups is 2. The van der Waals surface area contributed by atoms with Gasteiger partial charge in [-0.3, -0.25) is 0 Å². The van der Waals surface area contributed by atoms with E-state index in [-0.39, 0.29) is 12.1 Å². The van der Waals surface area contributed by atoms with E-state index >= 15 is 0 Å². The van der Waals surface area contributed by atoms with Gasteiger partial charge in [0.2, 0.25) is 0 Å². The van der Waals surface area contributed by atoms with E-state index < -0.39 is 12.0 Å². The summed E-state index contributed by atoms with van der Waals surface area (Å²) in [5.41, 5.74) is 0.897. The van der Waals surface area contributed by atoms with Crippen molar-refractivity contribution in [2.45, 2.75) is 44.2 Å². The molecule has 2 rings (SSSR count). The fraction of sp³-hybridized carbons (Fsp3) is 0.500. The standard InChI is InChI=1S/C16H22N2O3/c1-18(13-9-5-6-10-13)16(21)17-14(15(19)20)11-12-7-3-2-4-8-12/h2-4,7-8,13-14H,5-6,9-11H2,1H3,(H,17,21)(H,19,20). The van der Waals surface area contributed by atoms with Gasteiger partial charge in [0, 0.05) is 19.5 Å². The van der Waals surface area contributed by atoms with Crippen molar-refractivity contribution in [2.24, 2.45) is 0 Å². The van der Waals surface area contributed by atoms with Crippen LogP contribution in [0.2, 0.25) is 0 Å². The predicted molar refractivity (Wildman–Crippen MR) is 80.1 cm³/mol. The van der Waals surface area contributed by atoms with E-state index in [0.29, 0.717) is 6.42 Å². The van der Waals surface area contributed by atoms with Gasteiger partial charge in [-0.15, -0.1) is 0 Å². The van der Waals surface area contributed by atoms with Crippen molar-refractivity contribution in [3.63, 3.8) is 0 Å². The van der Waals surface area contributed by atoms with Gasteiger partial charge in [0.1, 0.15) is 6.04 Å². The Bertz CT molecular complexity index is 484. The average Bonchev–Trinajstić information content (AvgIpc) is 3.00. The van der Waals surface area contributed by atoms with Crippen molar-refractivity contribution in [3.05, 3.63) is 35.9 Å². The van der Waals surface area contributed by atoms with E-state index in [2.05, 4.69) is 5.32 Å². The molecule has 0 radical (unpaired) electrons. The minimum atomic E-state index is -1.01. The number of hydrogen-bond donors (Lipinski definition) is 2. The highest BCUT2D eigenvalue weighted by atomic mass is 16.4. The Kier molecular flexibility index (Phi) is 5.20. The summed E-state index contributed by atoms with van der Waals surface area (Å²) < 4.78 is 0. The summed E-state index contributed by atoms with van der Waals surface area (Å²) in [7, 11) is 1.74. The zero-order valence-corrected chi connectivity index (χ0v) is 12.3. The van der Waals surface area contributed by atoms with Gasteiger partial charge in [0.25, 0.3) is 0 Å². The van der Waals surface area contributed by atoms with Crippen molar-refractivity contribution in [2.75, 3.05) is 7.05 Å². The Morgan fingerprint density at radius 2 is 1.90 bits per heavy atom. The topological polar surface area (TPSA) is 69.6 Å². The van der Waals surface area contributed by atoms with Crippen LogP contribution in [0.4, 0.5) is 4.79 Å². The van der Waals surface area contributed by atoms with Gasteiger partial charge in [0.05, 0.1) is 0 Å². The monoisotopic (exact) mass is 290 g/mol. The molecule has 0 bridgehead atoms. The Balaban J connectivity index is 1.95. The van der Waals surface area contributed by atoms with Gasteiger partial charge in [-0.05, 0) is 18.4 Å². The zero-order valence-electron chi connectivity index (χ0n) is 12.3. The van der Waals surface area contributed by atoms with Crippen LogP contribution in [0.25, 0.3) is 0 Å². The molecular formula is C16H22N2O3. The molecule has 2 N–H and O–H groups in total. The summed E-state index contributed by atoms with van der Waals surface area (Å²) in [5, 5.41) is 11.9. The normalized spacial score (nSPS) is 16.4. The Labute approximate surface area is 125 Å². The first-order chi connectivity index (χ1) is 10.1. The van der Waals surface area contributed by atoms with Crippen LogP contribution in [0.3, 0.4) is 0 Å². The lowest BCUT2D eigenvalue weighted by molar-refractivity contribution is -0.139. The van der Waals surface area contributed by atoms with E-state index in [1.165, 1.54) is 0 Å². The highest BCUT2D eigenvalue weighted by Gasteiger charge is 2.27. The van der Waals surface area contributed by atoms with Crippen molar-refractivity contribution in [1.29, 1.82) is 0 Å². The number of aliphatic carboxylic acids is 1. The summed E-state index contributed by atoms with van der Waals surface area (Å²) in [4.78, 5) is 25.2. The lowest BCUT2D eigenvalue weighted by Crippen LogP contribution is -2.50. The Morgan fingerprint density at radius 1 is 1.29 bits per heavy atom. The van der Waals surface area contributed by atoms with Crippen molar-refractivity contribution >= 4 is 12.0 Å². The van der Waals surface area contributed by atoms with Crippen LogP contribution in [0, 0.1) is 0 Å². The fourth-order valence-electron chi connectivity index (χ4n) is 2.76. The molecule has 1 saturated carbocycles. The molecule has 5 nitrogen and oxygen atoms in total. The molecule has 1 unspecified atom stereocenters. The molecule has 2 amide bonds. The first kappa shape index (κ1) is 15.4. The number of rotatable bonds is 5. The molecule has 0 saturated heterocycles. The van der Waals surface area contributed by atoms with E-state index in [0.717, 1.165) is 31.2 Å². The molecule has 0 spiro atoms. The van der Waals surface area contributed by atoms with E-state index in [1.54, 1.807) is 11.9 Å². The molecule has 1 fully saturated rings. The second-order valence-electron chi connectivity index (χ2n) is 5.58. The number of carboxylic acids is 1. The van der Waals surface area contributed by atoms with E-state index in [1.807, 2.05) is 30.3 Å². The van der Waals surface area contributed by atoms with Gasteiger partial charge < -0.3 is 15.3 Å². The maximum atomic E-state index is 12.2. The summed E-state index contributed by atoms with van der Waals surface area (Å²) in [6, 6.07) is 8.36. The second-order valence-corrected chi connectivity index (χ2v) is 5.58. The van der Waals surface area contributed by atoms with Crippen LogP contribution in [-0.2, 0) is 11.2 Å². The number of nitrogens with one attached hydrogen (secondary N) is 1. The van der Waals surface area contributed by atoms with Crippen molar-refractivity contribution in [3.8, 4) is 0 Å². The van der Waals surface area contributed by atoms with Gasteiger partial charge in [0.15, 0.2) is 0 Å². The summed E-state index contributed by atoms with van der Waals surface area (Å²) >= 11 is 0. The molecule has 1 atom stereocenters. The number of carboxylic acid groups (broad SMARTS) is 1. The first-order valence-electron chi connectivity index (χ1n) is 7.38. The molecule has 1 aliphatic rings. The minimum Gasteiger partial charge on any atom is -0.480 e. The highest BCUT2D eigenvalue weighted by Crippen LogP contribution is 2.22. The van der Waals surface area contributed by atoms with Crippen LogP contribution in [0.5, 0.6) is 0 Å². The molecule has 0 heterocycles. The largest absolute Gasteiger partial charge is 0.480 e. The van der Waals surface area contributed by atoms with Crippen LogP contribution in [0.1, 0.15) is 31.2 Å². The molecule has 21 heavy (non-hydrogen) atoms. The molecule has 5 heteroatoms. The minimum absolute atomic E-state index is 0.233. The second kappa shape index (κ2) is 7.11. The number of hydrogen-bond acceptors (Lipinski definition) is 2. The van der Waals surface area contributed by atoms with Crippen LogP contribution in [-0.4, -0.2) is 41.1 Å². The maximum Gasteiger partial charge on any atom is 0.326 e. The molecule has 1 aromatic rings. The highest BCUT2D eigenvalue weighted by molar-refractivity contribution is 5.82. The molecule has 0 aliphatic heterocycles. The van der Waals surface area contributed by atoms with Gasteiger partial charge >= 0.3 is 12.0 Å². The molecule has 0 aromatic heterocycles. The number of carbonyl (C=O) groups excluding carboxylic acids is 1. The van der Waals surface area contributed by atoms with Gasteiger partial charge in [-0.25, -0.2) is 9.59 Å². The number of amides is 2. The first-order valence-corrected chi connectivity index (χ1v) is 7.38.